The lowest BCUT2D eigenvalue weighted by molar-refractivity contribution is -0.148. The van der Waals surface area contributed by atoms with Gasteiger partial charge in [-0.25, -0.2) is 0 Å². The average molecular weight is 476 g/mol. The Bertz CT molecular complexity index is 1170. The lowest BCUT2D eigenvalue weighted by Gasteiger charge is -2.44. The van der Waals surface area contributed by atoms with E-state index in [4.69, 9.17) is 4.74 Å². The maximum atomic E-state index is 13.5. The van der Waals surface area contributed by atoms with E-state index in [-0.39, 0.29) is 18.5 Å². The third-order valence-corrected chi connectivity index (χ3v) is 7.78. The lowest BCUT2D eigenvalue weighted by Crippen LogP contribution is -2.57. The topological polar surface area (TPSA) is 68.8 Å². The number of aromatic nitrogens is 1. The van der Waals surface area contributed by atoms with Gasteiger partial charge in [-0.3, -0.25) is 9.69 Å². The fraction of sp³-hybridized carbons (Fsp3) is 0.483. The molecular formula is C29H37N3O3. The molecule has 2 N–H and O–H groups in total. The van der Waals surface area contributed by atoms with Gasteiger partial charge >= 0.3 is 0 Å². The van der Waals surface area contributed by atoms with E-state index in [1.807, 2.05) is 40.1 Å². The zero-order valence-electron chi connectivity index (χ0n) is 20.9. The van der Waals surface area contributed by atoms with Crippen LogP contribution < -0.4 is 4.74 Å². The predicted octanol–water partition coefficient (Wildman–Crippen LogP) is 5.16. The largest absolute Gasteiger partial charge is 0.497 e. The highest BCUT2D eigenvalue weighted by Gasteiger charge is 2.37. The normalized spacial score (nSPS) is 20.9. The molecule has 2 fully saturated rings. The van der Waals surface area contributed by atoms with Crippen molar-refractivity contribution >= 4 is 16.8 Å². The number of aliphatic hydroxyl groups excluding tert-OH is 1. The third-order valence-electron chi connectivity index (χ3n) is 7.78. The third kappa shape index (κ3) is 5.39. The van der Waals surface area contributed by atoms with E-state index in [9.17, 15) is 9.90 Å². The number of hydrogen-bond donors (Lipinski definition) is 2. The van der Waals surface area contributed by atoms with Gasteiger partial charge in [-0.2, -0.15) is 0 Å². The van der Waals surface area contributed by atoms with Crippen molar-refractivity contribution in [3.05, 3.63) is 65.4 Å². The molecule has 0 bridgehead atoms. The molecule has 3 aromatic rings. The maximum Gasteiger partial charge on any atom is 0.237 e. The molecule has 6 heteroatoms. The van der Waals surface area contributed by atoms with Crippen LogP contribution in [0.25, 0.3) is 10.9 Å². The quantitative estimate of drug-likeness (QED) is 0.495. The summed E-state index contributed by atoms with van der Waals surface area (Å²) >= 11 is 0. The molecule has 2 aromatic carbocycles. The summed E-state index contributed by atoms with van der Waals surface area (Å²) in [5.74, 6) is 1.52. The Kier molecular flexibility index (Phi) is 7.12. The number of carbonyl (C=O) groups is 1. The van der Waals surface area contributed by atoms with Crippen molar-refractivity contribution in [3.63, 3.8) is 0 Å². The molecule has 1 amide bonds. The molecule has 1 unspecified atom stereocenters. The molecule has 35 heavy (non-hydrogen) atoms. The summed E-state index contributed by atoms with van der Waals surface area (Å²) in [6, 6.07) is 16.3. The monoisotopic (exact) mass is 475 g/mol. The zero-order valence-corrected chi connectivity index (χ0v) is 20.9. The summed E-state index contributed by atoms with van der Waals surface area (Å²) in [6.07, 6.45) is 6.51. The number of methoxy groups -OCH3 is 1. The number of carbonyl (C=O) groups excluding carboxylic acids is 1. The van der Waals surface area contributed by atoms with Crippen LogP contribution in [0.5, 0.6) is 5.75 Å². The molecule has 1 aromatic heterocycles. The molecule has 1 aliphatic heterocycles. The molecule has 2 aliphatic rings. The van der Waals surface area contributed by atoms with Crippen molar-refractivity contribution in [2.75, 3.05) is 20.2 Å². The number of H-pyrrole nitrogens is 1. The zero-order chi connectivity index (χ0) is 24.4. The minimum absolute atomic E-state index is 0.0749. The van der Waals surface area contributed by atoms with Gasteiger partial charge in [0, 0.05) is 30.0 Å². The van der Waals surface area contributed by atoms with Gasteiger partial charge in [0.1, 0.15) is 12.0 Å². The Morgan fingerprint density at radius 1 is 1.11 bits per heavy atom. The first-order valence-electron chi connectivity index (χ1n) is 12.9. The number of aromatic amines is 1. The molecule has 186 valence electrons. The number of nitrogens with one attached hydrogen (secondary N) is 1. The number of fused-ring (bicyclic) bond motifs is 1. The molecule has 1 aliphatic carbocycles. The van der Waals surface area contributed by atoms with Crippen LogP contribution in [0.2, 0.25) is 0 Å². The standard InChI is InChI=1S/C29H37N3O3/c1-20-11-12-26-23(13-20)16-27(30-26)29(34)31-18-24(14-21-7-4-3-5-8-21)32(28(33)19-31)17-22-9-6-10-25(15-22)35-2/h6,9-13,15-16,21,24,29-30,34H,3-5,7-8,14,17-19H2,1-2H3/t24-,29?/m0/s1. The van der Waals surface area contributed by atoms with Crippen LogP contribution >= 0.6 is 0 Å². The summed E-state index contributed by atoms with van der Waals surface area (Å²) in [5.41, 5.74) is 4.01. The van der Waals surface area contributed by atoms with Gasteiger partial charge in [-0.15, -0.1) is 0 Å². The SMILES string of the molecule is COc1cccc(CN2C(=O)CN(C(O)c3cc4cc(C)ccc4[nH]3)C[C@@H]2CC2CCCCC2)c1. The van der Waals surface area contributed by atoms with Crippen LogP contribution in [-0.4, -0.2) is 52.0 Å². The van der Waals surface area contributed by atoms with Gasteiger partial charge in [0.15, 0.2) is 0 Å². The van der Waals surface area contributed by atoms with E-state index < -0.39 is 6.23 Å². The summed E-state index contributed by atoms with van der Waals surface area (Å²) in [4.78, 5) is 20.8. The highest BCUT2D eigenvalue weighted by molar-refractivity contribution is 5.81. The summed E-state index contributed by atoms with van der Waals surface area (Å²) in [7, 11) is 1.67. The van der Waals surface area contributed by atoms with Crippen molar-refractivity contribution in [2.24, 2.45) is 5.92 Å². The van der Waals surface area contributed by atoms with Crippen molar-refractivity contribution in [1.29, 1.82) is 0 Å². The summed E-state index contributed by atoms with van der Waals surface area (Å²) < 4.78 is 5.40. The van der Waals surface area contributed by atoms with E-state index >= 15 is 0 Å². The Labute approximate surface area is 207 Å². The number of hydrogen-bond acceptors (Lipinski definition) is 4. The number of amides is 1. The van der Waals surface area contributed by atoms with E-state index in [1.165, 1.54) is 37.7 Å². The lowest BCUT2D eigenvalue weighted by atomic mass is 9.84. The van der Waals surface area contributed by atoms with E-state index in [0.29, 0.717) is 19.0 Å². The first-order valence-corrected chi connectivity index (χ1v) is 12.9. The number of rotatable bonds is 7. The van der Waals surface area contributed by atoms with Gasteiger partial charge in [0.25, 0.3) is 0 Å². The summed E-state index contributed by atoms with van der Waals surface area (Å²) in [5, 5.41) is 12.4. The van der Waals surface area contributed by atoms with Crippen molar-refractivity contribution in [2.45, 2.75) is 64.3 Å². The average Bonchev–Trinajstić information content (AvgIpc) is 3.29. The molecule has 1 saturated carbocycles. The Hall–Kier alpha value is -2.83. The number of ether oxygens (including phenoxy) is 1. The maximum absolute atomic E-state index is 13.5. The highest BCUT2D eigenvalue weighted by atomic mass is 16.5. The van der Waals surface area contributed by atoms with Crippen LogP contribution in [0.15, 0.2) is 48.5 Å². The predicted molar refractivity (Wildman–Crippen MR) is 138 cm³/mol. The first-order chi connectivity index (χ1) is 17.0. The van der Waals surface area contributed by atoms with Gasteiger partial charge in [-0.1, -0.05) is 55.9 Å². The van der Waals surface area contributed by atoms with E-state index in [2.05, 4.69) is 30.1 Å². The molecule has 2 heterocycles. The van der Waals surface area contributed by atoms with Crippen molar-refractivity contribution in [1.82, 2.24) is 14.8 Å². The number of benzene rings is 2. The van der Waals surface area contributed by atoms with Gasteiger partial charge in [-0.05, 0) is 55.2 Å². The van der Waals surface area contributed by atoms with Crippen LogP contribution in [0.1, 0.15) is 61.6 Å². The Morgan fingerprint density at radius 2 is 1.94 bits per heavy atom. The molecule has 6 nitrogen and oxygen atoms in total. The van der Waals surface area contributed by atoms with E-state index in [0.717, 1.165) is 34.3 Å². The van der Waals surface area contributed by atoms with Gasteiger partial charge < -0.3 is 19.7 Å². The van der Waals surface area contributed by atoms with Crippen LogP contribution in [0.4, 0.5) is 0 Å². The second-order valence-electron chi connectivity index (χ2n) is 10.4. The Balaban J connectivity index is 1.37. The van der Waals surface area contributed by atoms with Crippen LogP contribution in [0.3, 0.4) is 0 Å². The van der Waals surface area contributed by atoms with Gasteiger partial charge in [0.2, 0.25) is 5.91 Å². The number of aliphatic hydroxyl groups is 1. The number of piperazine rings is 1. The minimum Gasteiger partial charge on any atom is -0.497 e. The van der Waals surface area contributed by atoms with Gasteiger partial charge in [0.05, 0.1) is 19.3 Å². The fourth-order valence-electron chi connectivity index (χ4n) is 5.89. The fourth-order valence-corrected chi connectivity index (χ4v) is 5.89. The molecule has 0 spiro atoms. The smallest absolute Gasteiger partial charge is 0.237 e. The van der Waals surface area contributed by atoms with E-state index in [1.54, 1.807) is 7.11 Å². The molecule has 2 atom stereocenters. The Morgan fingerprint density at radius 3 is 2.74 bits per heavy atom. The van der Waals surface area contributed by atoms with Crippen molar-refractivity contribution < 1.29 is 14.6 Å². The molecule has 5 rings (SSSR count). The van der Waals surface area contributed by atoms with Crippen molar-refractivity contribution in [3.8, 4) is 5.75 Å². The number of nitrogens with zero attached hydrogens (tertiary/aromatic N) is 2. The highest BCUT2D eigenvalue weighted by Crippen LogP contribution is 2.33. The molecule has 1 saturated heterocycles. The van der Waals surface area contributed by atoms with Crippen LogP contribution in [0, 0.1) is 12.8 Å². The first kappa shape index (κ1) is 23.9. The molecule has 0 radical (unpaired) electrons. The molecular weight excluding hydrogens is 438 g/mol. The second kappa shape index (κ2) is 10.4. The summed E-state index contributed by atoms with van der Waals surface area (Å²) in [6.45, 7) is 3.52. The number of aryl methyl sites for hydroxylation is 1. The van der Waals surface area contributed by atoms with Crippen LogP contribution in [-0.2, 0) is 11.3 Å². The second-order valence-corrected chi connectivity index (χ2v) is 10.4. The minimum atomic E-state index is -0.834.